The summed E-state index contributed by atoms with van der Waals surface area (Å²) in [5, 5.41) is 10.7. The Morgan fingerprint density at radius 3 is 2.36 bits per heavy atom. The summed E-state index contributed by atoms with van der Waals surface area (Å²) in [6.07, 6.45) is 2.55. The van der Waals surface area contributed by atoms with Gasteiger partial charge in [-0.05, 0) is 48.9 Å². The summed E-state index contributed by atoms with van der Waals surface area (Å²) in [4.78, 5) is 52.4. The summed E-state index contributed by atoms with van der Waals surface area (Å²) >= 11 is 14.1. The van der Waals surface area contributed by atoms with Gasteiger partial charge in [0, 0.05) is 18.5 Å². The Labute approximate surface area is 234 Å². The van der Waals surface area contributed by atoms with Crippen LogP contribution in [0.1, 0.15) is 36.8 Å². The number of nitrogens with zero attached hydrogens (tertiary/aromatic N) is 2. The maximum atomic E-state index is 14.6. The van der Waals surface area contributed by atoms with Crippen molar-refractivity contribution >= 4 is 52.5 Å². The molecule has 39 heavy (non-hydrogen) atoms. The van der Waals surface area contributed by atoms with Crippen LogP contribution in [0.2, 0.25) is 0 Å². The van der Waals surface area contributed by atoms with E-state index in [0.717, 1.165) is 23.0 Å². The van der Waals surface area contributed by atoms with Crippen molar-refractivity contribution < 1.29 is 28.7 Å². The number of para-hydroxylation sites is 1. The van der Waals surface area contributed by atoms with Crippen LogP contribution >= 0.6 is 23.2 Å². The molecule has 202 valence electrons. The maximum Gasteiger partial charge on any atom is 0.253 e. The third-order valence-corrected chi connectivity index (χ3v) is 10.4. The highest BCUT2D eigenvalue weighted by Gasteiger charge is 2.76. The molecule has 6 atom stereocenters. The predicted molar refractivity (Wildman–Crippen MR) is 142 cm³/mol. The Morgan fingerprint density at radius 1 is 1.00 bits per heavy atom. The molecular formula is C29H25Cl2FN2O5. The standard InChI is InChI=1S/C29H25Cl2FN2O5/c1-3-14-7-9-15(10-8-14)34-24(36)17-12-11-16-19(21(17)25(34)37)13-28(30)26(38)33(2)27(39)29(28,31)22(16)18-5-4-6-20(32)23(18)35/h4-11,17,19,21-22,35H,3,12-13H2,1-2H3/t17-,19+,21-,22+,28+,29-/m0/s1. The minimum absolute atomic E-state index is 0.00958. The third-order valence-electron chi connectivity index (χ3n) is 8.95. The number of carbonyl (C=O) groups is 4. The van der Waals surface area contributed by atoms with Crippen LogP contribution in [0, 0.1) is 23.6 Å². The molecular weight excluding hydrogens is 546 g/mol. The van der Waals surface area contributed by atoms with Crippen molar-refractivity contribution in [3.05, 3.63) is 71.1 Å². The van der Waals surface area contributed by atoms with Crippen molar-refractivity contribution in [2.24, 2.45) is 17.8 Å². The number of hydrogen-bond acceptors (Lipinski definition) is 5. The number of likely N-dealkylation sites (tertiary alicyclic amines) is 1. The number of carbonyl (C=O) groups excluding carboxylic acids is 4. The van der Waals surface area contributed by atoms with E-state index >= 15 is 0 Å². The number of allylic oxidation sites excluding steroid dienone is 2. The van der Waals surface area contributed by atoms with Crippen LogP contribution in [0.3, 0.4) is 0 Å². The van der Waals surface area contributed by atoms with Crippen LogP contribution in [-0.2, 0) is 25.6 Å². The zero-order chi connectivity index (χ0) is 28.0. The molecule has 1 N–H and O–H groups in total. The molecule has 4 amide bonds. The summed E-state index contributed by atoms with van der Waals surface area (Å²) in [5.74, 6) is -7.48. The molecule has 10 heteroatoms. The van der Waals surface area contributed by atoms with Crippen LogP contribution in [0.4, 0.5) is 10.1 Å². The average molecular weight is 571 g/mol. The fourth-order valence-corrected chi connectivity index (χ4v) is 8.00. The molecule has 3 fully saturated rings. The molecule has 0 bridgehead atoms. The van der Waals surface area contributed by atoms with Gasteiger partial charge >= 0.3 is 0 Å². The molecule has 0 radical (unpaired) electrons. The molecule has 2 aliphatic heterocycles. The second-order valence-electron chi connectivity index (χ2n) is 10.7. The van der Waals surface area contributed by atoms with E-state index in [1.54, 1.807) is 18.2 Å². The van der Waals surface area contributed by atoms with Crippen LogP contribution in [0.25, 0.3) is 0 Å². The summed E-state index contributed by atoms with van der Waals surface area (Å²) in [6, 6.07) is 11.0. The van der Waals surface area contributed by atoms with E-state index in [2.05, 4.69) is 0 Å². The number of aromatic hydroxyl groups is 1. The molecule has 2 heterocycles. The topological polar surface area (TPSA) is 95.0 Å². The lowest BCUT2D eigenvalue weighted by molar-refractivity contribution is -0.138. The highest BCUT2D eigenvalue weighted by atomic mass is 35.5. The Kier molecular flexibility index (Phi) is 5.76. The molecule has 6 rings (SSSR count). The van der Waals surface area contributed by atoms with Crippen molar-refractivity contribution in [1.82, 2.24) is 4.90 Å². The fraction of sp³-hybridized carbons (Fsp3) is 0.379. The second kappa shape index (κ2) is 8.63. The highest BCUT2D eigenvalue weighted by Crippen LogP contribution is 2.66. The number of fused-ring (bicyclic) bond motifs is 4. The molecule has 4 aliphatic rings. The van der Waals surface area contributed by atoms with Crippen molar-refractivity contribution in [1.29, 1.82) is 0 Å². The molecule has 0 spiro atoms. The first-order valence-corrected chi connectivity index (χ1v) is 13.6. The number of phenolic OH excluding ortho intramolecular Hbond substituents is 1. The molecule has 2 aromatic carbocycles. The molecule has 0 aromatic heterocycles. The zero-order valence-corrected chi connectivity index (χ0v) is 22.7. The summed E-state index contributed by atoms with van der Waals surface area (Å²) in [7, 11) is 1.27. The molecule has 0 unspecified atom stereocenters. The number of imide groups is 2. The van der Waals surface area contributed by atoms with Gasteiger partial charge in [0.05, 0.1) is 17.5 Å². The van der Waals surface area contributed by atoms with Crippen LogP contribution in [0.5, 0.6) is 5.75 Å². The number of hydrogen-bond donors (Lipinski definition) is 1. The lowest BCUT2D eigenvalue weighted by Gasteiger charge is -2.50. The van der Waals surface area contributed by atoms with Gasteiger partial charge in [0.15, 0.2) is 21.3 Å². The number of halogens is 3. The maximum absolute atomic E-state index is 14.6. The molecule has 2 aliphatic carbocycles. The normalized spacial score (nSPS) is 33.7. The number of benzene rings is 2. The zero-order valence-electron chi connectivity index (χ0n) is 21.2. The van der Waals surface area contributed by atoms with Gasteiger partial charge in [0.2, 0.25) is 11.8 Å². The summed E-state index contributed by atoms with van der Waals surface area (Å²) in [6.45, 7) is 2.00. The van der Waals surface area contributed by atoms with Crippen LogP contribution < -0.4 is 4.90 Å². The Morgan fingerprint density at radius 2 is 1.69 bits per heavy atom. The van der Waals surface area contributed by atoms with Crippen LogP contribution in [-0.4, -0.2) is 50.4 Å². The van der Waals surface area contributed by atoms with E-state index in [0.29, 0.717) is 11.3 Å². The third kappa shape index (κ3) is 3.21. The lowest BCUT2D eigenvalue weighted by Crippen LogP contribution is -2.60. The van der Waals surface area contributed by atoms with Crippen molar-refractivity contribution in [2.75, 3.05) is 11.9 Å². The Balaban J connectivity index is 1.51. The first-order valence-electron chi connectivity index (χ1n) is 12.8. The van der Waals surface area contributed by atoms with Gasteiger partial charge in [0.25, 0.3) is 11.8 Å². The minimum Gasteiger partial charge on any atom is -0.505 e. The summed E-state index contributed by atoms with van der Waals surface area (Å²) < 4.78 is 14.6. The molecule has 1 saturated carbocycles. The first kappa shape index (κ1) is 26.0. The number of anilines is 1. The minimum atomic E-state index is -2.08. The highest BCUT2D eigenvalue weighted by molar-refractivity contribution is 6.53. The monoisotopic (exact) mass is 570 g/mol. The van der Waals surface area contributed by atoms with E-state index in [4.69, 9.17) is 23.2 Å². The van der Waals surface area contributed by atoms with E-state index in [-0.39, 0.29) is 24.3 Å². The molecule has 7 nitrogen and oxygen atoms in total. The SMILES string of the molecule is CCc1ccc(N2C(=O)[C@H]3[C@H](CC=C4[C@H]3C[C@@]3(Cl)C(=O)N(C)C(=O)[C@@]3(Cl)[C@H]4c3cccc(F)c3O)C2=O)cc1. The number of rotatable bonds is 3. The van der Waals surface area contributed by atoms with E-state index < -0.39 is 62.7 Å². The van der Waals surface area contributed by atoms with Gasteiger partial charge in [-0.2, -0.15) is 0 Å². The van der Waals surface area contributed by atoms with Gasteiger partial charge in [-0.1, -0.05) is 42.8 Å². The van der Waals surface area contributed by atoms with Crippen molar-refractivity contribution in [3.8, 4) is 5.75 Å². The molecule has 2 saturated heterocycles. The lowest BCUT2D eigenvalue weighted by atomic mass is 9.56. The Bertz CT molecular complexity index is 1490. The number of phenols is 1. The van der Waals surface area contributed by atoms with Gasteiger partial charge < -0.3 is 5.11 Å². The number of alkyl halides is 2. The van der Waals surface area contributed by atoms with Gasteiger partial charge in [-0.15, -0.1) is 23.2 Å². The smallest absolute Gasteiger partial charge is 0.253 e. The van der Waals surface area contributed by atoms with Crippen molar-refractivity contribution in [3.63, 3.8) is 0 Å². The van der Waals surface area contributed by atoms with Gasteiger partial charge in [-0.3, -0.25) is 29.0 Å². The van der Waals surface area contributed by atoms with Crippen molar-refractivity contribution in [2.45, 2.75) is 41.9 Å². The largest absolute Gasteiger partial charge is 0.505 e. The first-order chi connectivity index (χ1) is 18.5. The quantitative estimate of drug-likeness (QED) is 0.337. The average Bonchev–Trinajstić information content (AvgIpc) is 3.25. The second-order valence-corrected chi connectivity index (χ2v) is 11.9. The predicted octanol–water partition coefficient (Wildman–Crippen LogP) is 4.29. The van der Waals surface area contributed by atoms with Gasteiger partial charge in [-0.25, -0.2) is 4.39 Å². The van der Waals surface area contributed by atoms with E-state index in [1.165, 1.54) is 24.1 Å². The Hall–Kier alpha value is -3.23. The fourth-order valence-electron chi connectivity index (χ4n) is 6.99. The summed E-state index contributed by atoms with van der Waals surface area (Å²) in [5.41, 5.74) is 1.99. The van der Waals surface area contributed by atoms with E-state index in [9.17, 15) is 28.7 Å². The van der Waals surface area contributed by atoms with E-state index in [1.807, 2.05) is 19.1 Å². The van der Waals surface area contributed by atoms with Gasteiger partial charge in [0.1, 0.15) is 0 Å². The number of amides is 4. The number of aryl methyl sites for hydroxylation is 1. The molecule has 2 aromatic rings. The van der Waals surface area contributed by atoms with Crippen LogP contribution in [0.15, 0.2) is 54.1 Å².